The standard InChI is InChI=1S/C10H20N2S/c1-12-4-2-3-8(5-11)9-6-13-7-10(9)12/h8-10H,2-7,11H2,1H3. The fraction of sp³-hybridized carbons (Fsp3) is 1.00. The van der Waals surface area contributed by atoms with Gasteiger partial charge < -0.3 is 10.6 Å². The van der Waals surface area contributed by atoms with Gasteiger partial charge in [0.15, 0.2) is 0 Å². The van der Waals surface area contributed by atoms with Gasteiger partial charge in [-0.15, -0.1) is 0 Å². The first-order valence-electron chi connectivity index (χ1n) is 5.31. The highest BCUT2D eigenvalue weighted by atomic mass is 32.2. The normalized spacial score (nSPS) is 41.5. The van der Waals surface area contributed by atoms with Gasteiger partial charge >= 0.3 is 0 Å². The molecule has 2 aliphatic heterocycles. The first kappa shape index (κ1) is 9.81. The second kappa shape index (κ2) is 4.20. The summed E-state index contributed by atoms with van der Waals surface area (Å²) in [7, 11) is 2.28. The number of hydrogen-bond donors (Lipinski definition) is 1. The number of likely N-dealkylation sites (tertiary alicyclic amines) is 1. The average molecular weight is 200 g/mol. The maximum Gasteiger partial charge on any atom is 0.0222 e. The number of thioether (sulfide) groups is 1. The van der Waals surface area contributed by atoms with Crippen LogP contribution in [-0.2, 0) is 0 Å². The van der Waals surface area contributed by atoms with Crippen LogP contribution in [0.1, 0.15) is 12.8 Å². The molecule has 2 N–H and O–H groups in total. The number of hydrogen-bond acceptors (Lipinski definition) is 3. The topological polar surface area (TPSA) is 29.3 Å². The lowest BCUT2D eigenvalue weighted by atomic mass is 9.86. The third-order valence-electron chi connectivity index (χ3n) is 3.65. The summed E-state index contributed by atoms with van der Waals surface area (Å²) in [6.45, 7) is 2.17. The highest BCUT2D eigenvalue weighted by Gasteiger charge is 2.37. The van der Waals surface area contributed by atoms with Crippen LogP contribution in [0.2, 0.25) is 0 Å². The van der Waals surface area contributed by atoms with Crippen LogP contribution >= 0.6 is 11.8 Å². The molecule has 0 radical (unpaired) electrons. The Morgan fingerprint density at radius 3 is 3.08 bits per heavy atom. The third-order valence-corrected chi connectivity index (χ3v) is 4.85. The Morgan fingerprint density at radius 1 is 1.46 bits per heavy atom. The fourth-order valence-corrected chi connectivity index (χ4v) is 4.39. The van der Waals surface area contributed by atoms with E-state index in [1.165, 1.54) is 30.9 Å². The molecule has 3 atom stereocenters. The van der Waals surface area contributed by atoms with E-state index >= 15 is 0 Å². The summed E-state index contributed by atoms with van der Waals surface area (Å²) in [4.78, 5) is 2.56. The quantitative estimate of drug-likeness (QED) is 0.685. The molecule has 0 bridgehead atoms. The molecular weight excluding hydrogens is 180 g/mol. The molecule has 13 heavy (non-hydrogen) atoms. The number of nitrogens with zero attached hydrogens (tertiary/aromatic N) is 1. The molecule has 76 valence electrons. The molecule has 0 aromatic heterocycles. The van der Waals surface area contributed by atoms with Gasteiger partial charge in [-0.05, 0) is 50.6 Å². The summed E-state index contributed by atoms with van der Waals surface area (Å²) in [6.07, 6.45) is 2.69. The minimum Gasteiger partial charge on any atom is -0.330 e. The molecule has 2 aliphatic rings. The van der Waals surface area contributed by atoms with Gasteiger partial charge in [0, 0.05) is 11.8 Å². The van der Waals surface area contributed by atoms with E-state index in [1.807, 2.05) is 0 Å². The molecule has 2 fully saturated rings. The van der Waals surface area contributed by atoms with Crippen LogP contribution in [-0.4, -0.2) is 42.6 Å². The zero-order chi connectivity index (χ0) is 9.26. The second-order valence-corrected chi connectivity index (χ2v) is 5.46. The van der Waals surface area contributed by atoms with Crippen LogP contribution in [0, 0.1) is 11.8 Å². The monoisotopic (exact) mass is 200 g/mol. The molecular formula is C10H20N2S. The maximum absolute atomic E-state index is 5.85. The Morgan fingerprint density at radius 2 is 2.31 bits per heavy atom. The zero-order valence-electron chi connectivity index (χ0n) is 8.41. The predicted molar refractivity (Wildman–Crippen MR) is 59.0 cm³/mol. The van der Waals surface area contributed by atoms with Crippen molar-refractivity contribution in [2.24, 2.45) is 17.6 Å². The second-order valence-electron chi connectivity index (χ2n) is 4.39. The Hall–Kier alpha value is 0.270. The molecule has 2 saturated heterocycles. The van der Waals surface area contributed by atoms with Crippen molar-refractivity contribution in [2.75, 3.05) is 31.6 Å². The van der Waals surface area contributed by atoms with Crippen LogP contribution in [0.5, 0.6) is 0 Å². The molecule has 2 rings (SSSR count). The number of fused-ring (bicyclic) bond motifs is 1. The highest BCUT2D eigenvalue weighted by Crippen LogP contribution is 2.36. The van der Waals surface area contributed by atoms with Gasteiger partial charge in [-0.2, -0.15) is 11.8 Å². The van der Waals surface area contributed by atoms with E-state index in [1.54, 1.807) is 0 Å². The van der Waals surface area contributed by atoms with E-state index in [0.717, 1.165) is 24.4 Å². The molecule has 2 nitrogen and oxygen atoms in total. The van der Waals surface area contributed by atoms with Gasteiger partial charge in [0.05, 0.1) is 0 Å². The predicted octanol–water partition coefficient (Wildman–Crippen LogP) is 1.02. The summed E-state index contributed by atoms with van der Waals surface area (Å²) in [5, 5.41) is 0. The minimum absolute atomic E-state index is 0.796. The summed E-state index contributed by atoms with van der Waals surface area (Å²) >= 11 is 2.11. The van der Waals surface area contributed by atoms with Crippen LogP contribution in [0.15, 0.2) is 0 Å². The van der Waals surface area contributed by atoms with Gasteiger partial charge in [0.2, 0.25) is 0 Å². The Kier molecular flexibility index (Phi) is 3.17. The van der Waals surface area contributed by atoms with Gasteiger partial charge in [-0.1, -0.05) is 0 Å². The van der Waals surface area contributed by atoms with Crippen molar-refractivity contribution in [2.45, 2.75) is 18.9 Å². The first-order valence-corrected chi connectivity index (χ1v) is 6.46. The lowest BCUT2D eigenvalue weighted by Crippen LogP contribution is -2.39. The van der Waals surface area contributed by atoms with Gasteiger partial charge in [-0.25, -0.2) is 0 Å². The van der Waals surface area contributed by atoms with E-state index in [4.69, 9.17) is 5.73 Å². The smallest absolute Gasteiger partial charge is 0.0222 e. The molecule has 0 saturated carbocycles. The van der Waals surface area contributed by atoms with E-state index in [-0.39, 0.29) is 0 Å². The Labute approximate surface area is 85.2 Å². The van der Waals surface area contributed by atoms with Crippen molar-refractivity contribution in [1.29, 1.82) is 0 Å². The van der Waals surface area contributed by atoms with Gasteiger partial charge in [0.1, 0.15) is 0 Å². The largest absolute Gasteiger partial charge is 0.330 e. The summed E-state index contributed by atoms with van der Waals surface area (Å²) in [5.41, 5.74) is 5.85. The SMILES string of the molecule is CN1CCCC(CN)C2CSCC21. The molecule has 2 heterocycles. The van der Waals surface area contributed by atoms with Crippen LogP contribution in [0.4, 0.5) is 0 Å². The van der Waals surface area contributed by atoms with E-state index in [0.29, 0.717) is 0 Å². The third kappa shape index (κ3) is 1.88. The molecule has 3 heteroatoms. The molecule has 0 aromatic carbocycles. The lowest BCUT2D eigenvalue weighted by Gasteiger charge is -2.28. The van der Waals surface area contributed by atoms with Crippen molar-refractivity contribution >= 4 is 11.8 Å². The highest BCUT2D eigenvalue weighted by molar-refractivity contribution is 7.99. The van der Waals surface area contributed by atoms with Crippen molar-refractivity contribution < 1.29 is 0 Å². The average Bonchev–Trinajstić information content (AvgIpc) is 2.55. The van der Waals surface area contributed by atoms with Crippen molar-refractivity contribution in [3.8, 4) is 0 Å². The first-order chi connectivity index (χ1) is 6.33. The van der Waals surface area contributed by atoms with E-state index < -0.39 is 0 Å². The van der Waals surface area contributed by atoms with E-state index in [9.17, 15) is 0 Å². The minimum atomic E-state index is 0.796. The summed E-state index contributed by atoms with van der Waals surface area (Å²) in [6, 6.07) is 0.820. The van der Waals surface area contributed by atoms with Crippen LogP contribution < -0.4 is 5.73 Å². The van der Waals surface area contributed by atoms with Crippen molar-refractivity contribution in [3.05, 3.63) is 0 Å². The van der Waals surface area contributed by atoms with Gasteiger partial charge in [-0.3, -0.25) is 0 Å². The van der Waals surface area contributed by atoms with Crippen molar-refractivity contribution in [3.63, 3.8) is 0 Å². The molecule has 0 amide bonds. The maximum atomic E-state index is 5.85. The number of nitrogens with two attached hydrogens (primary N) is 1. The molecule has 0 aromatic rings. The van der Waals surface area contributed by atoms with E-state index in [2.05, 4.69) is 23.7 Å². The molecule has 3 unspecified atom stereocenters. The number of rotatable bonds is 1. The molecule has 0 spiro atoms. The van der Waals surface area contributed by atoms with Gasteiger partial charge in [0.25, 0.3) is 0 Å². The molecule has 0 aliphatic carbocycles. The lowest BCUT2D eigenvalue weighted by molar-refractivity contribution is 0.206. The summed E-state index contributed by atoms with van der Waals surface area (Å²) < 4.78 is 0. The van der Waals surface area contributed by atoms with Crippen molar-refractivity contribution in [1.82, 2.24) is 4.90 Å². The Bertz CT molecular complexity index is 174. The summed E-state index contributed by atoms with van der Waals surface area (Å²) in [5.74, 6) is 4.35. The van der Waals surface area contributed by atoms with Crippen LogP contribution in [0.3, 0.4) is 0 Å². The Balaban J connectivity index is 2.09. The zero-order valence-corrected chi connectivity index (χ0v) is 9.22. The van der Waals surface area contributed by atoms with Crippen LogP contribution in [0.25, 0.3) is 0 Å². The fourth-order valence-electron chi connectivity index (χ4n) is 2.74.